The number of benzene rings is 1. The minimum absolute atomic E-state index is 0.0454. The molecule has 0 bridgehead atoms. The third-order valence-corrected chi connectivity index (χ3v) is 5.75. The number of phenolic OH excluding ortho intramolecular Hbond substituents is 2. The first-order chi connectivity index (χ1) is 11.7. The summed E-state index contributed by atoms with van der Waals surface area (Å²) in [4.78, 5) is 12.1. The molecule has 25 heavy (non-hydrogen) atoms. The second-order valence-corrected chi connectivity index (χ2v) is 7.16. The van der Waals surface area contributed by atoms with Crippen LogP contribution < -0.4 is 4.74 Å². The van der Waals surface area contributed by atoms with Crippen LogP contribution in [0.25, 0.3) is 0 Å². The summed E-state index contributed by atoms with van der Waals surface area (Å²) in [6, 6.07) is 0. The van der Waals surface area contributed by atoms with E-state index in [1.165, 1.54) is 13.8 Å². The van der Waals surface area contributed by atoms with Gasteiger partial charge in [-0.1, -0.05) is 0 Å². The number of Topliss-reactive ketones (excluding diaryl/α,β-unsaturated/α-hetero) is 1. The molecule has 1 aromatic carbocycles. The summed E-state index contributed by atoms with van der Waals surface area (Å²) in [6.45, 7) is 6.52. The number of ether oxygens (including phenoxy) is 1. The molecule has 0 saturated heterocycles. The van der Waals surface area contributed by atoms with Crippen LogP contribution in [-0.4, -0.2) is 37.4 Å². The molecule has 7 nitrogen and oxygen atoms in total. The lowest BCUT2D eigenvalue weighted by Gasteiger charge is -2.39. The second-order valence-electron chi connectivity index (χ2n) is 7.16. The van der Waals surface area contributed by atoms with Gasteiger partial charge < -0.3 is 20.1 Å². The van der Waals surface area contributed by atoms with Crippen LogP contribution in [0.4, 0.5) is 0 Å². The smallest absolute Gasteiger partial charge is 0.167 e. The number of H-pyrrole nitrogens is 1. The Bertz CT molecular complexity index is 932. The number of ketones is 1. The van der Waals surface area contributed by atoms with E-state index >= 15 is 0 Å². The highest BCUT2D eigenvalue weighted by molar-refractivity contribution is 6.01. The van der Waals surface area contributed by atoms with Crippen LogP contribution in [0, 0.1) is 13.8 Å². The van der Waals surface area contributed by atoms with E-state index in [9.17, 15) is 20.1 Å². The van der Waals surface area contributed by atoms with Gasteiger partial charge >= 0.3 is 0 Å². The van der Waals surface area contributed by atoms with Gasteiger partial charge in [-0.05, 0) is 27.7 Å². The Hall–Kier alpha value is -2.54. The Kier molecular flexibility index (Phi) is 3.04. The van der Waals surface area contributed by atoms with Crippen molar-refractivity contribution in [2.24, 2.45) is 0 Å². The lowest BCUT2D eigenvalue weighted by Crippen LogP contribution is -2.46. The number of carbonyl (C=O) groups is 1. The van der Waals surface area contributed by atoms with Crippen molar-refractivity contribution in [1.29, 1.82) is 0 Å². The molecular formula is C18H20N2O5. The van der Waals surface area contributed by atoms with Gasteiger partial charge in [-0.25, -0.2) is 0 Å². The van der Waals surface area contributed by atoms with E-state index < -0.39 is 17.6 Å². The molecular weight excluding hydrogens is 324 g/mol. The number of hydrogen-bond donors (Lipinski definition) is 4. The average molecular weight is 344 g/mol. The molecule has 1 aromatic heterocycles. The number of hydrogen-bond acceptors (Lipinski definition) is 6. The molecule has 0 radical (unpaired) electrons. The predicted molar refractivity (Wildman–Crippen MR) is 88.3 cm³/mol. The molecule has 0 spiro atoms. The molecule has 2 heterocycles. The van der Waals surface area contributed by atoms with Crippen LogP contribution in [0.15, 0.2) is 0 Å². The number of aromatic hydroxyl groups is 2. The van der Waals surface area contributed by atoms with Crippen molar-refractivity contribution in [2.45, 2.75) is 51.7 Å². The summed E-state index contributed by atoms with van der Waals surface area (Å²) in [5.74, 6) is -0.629. The van der Waals surface area contributed by atoms with Crippen LogP contribution in [0.5, 0.6) is 17.2 Å². The van der Waals surface area contributed by atoms with E-state index in [0.29, 0.717) is 23.2 Å². The summed E-state index contributed by atoms with van der Waals surface area (Å²) in [7, 11) is 0. The van der Waals surface area contributed by atoms with Crippen molar-refractivity contribution in [3.8, 4) is 17.2 Å². The fourth-order valence-corrected chi connectivity index (χ4v) is 4.25. The molecule has 0 saturated carbocycles. The monoisotopic (exact) mass is 344 g/mol. The van der Waals surface area contributed by atoms with Gasteiger partial charge in [0.05, 0.1) is 17.2 Å². The maximum Gasteiger partial charge on any atom is 0.167 e. The van der Waals surface area contributed by atoms with E-state index in [4.69, 9.17) is 4.74 Å². The number of aliphatic hydroxyl groups excluding tert-OH is 1. The number of phenols is 2. The number of aliphatic hydroxyl groups is 1. The number of nitrogens with one attached hydrogen (secondary N) is 1. The lowest BCUT2D eigenvalue weighted by molar-refractivity contribution is 0.0160. The molecule has 132 valence electrons. The number of rotatable bonds is 1. The van der Waals surface area contributed by atoms with Crippen molar-refractivity contribution in [3.63, 3.8) is 0 Å². The van der Waals surface area contributed by atoms with Crippen molar-refractivity contribution >= 4 is 5.78 Å². The van der Waals surface area contributed by atoms with Gasteiger partial charge in [-0.2, -0.15) is 5.10 Å². The van der Waals surface area contributed by atoms with Crippen LogP contribution in [0.3, 0.4) is 0 Å². The highest BCUT2D eigenvalue weighted by Crippen LogP contribution is 2.60. The van der Waals surface area contributed by atoms with Crippen LogP contribution in [-0.2, 0) is 11.8 Å². The van der Waals surface area contributed by atoms with E-state index in [0.717, 1.165) is 5.69 Å². The maximum atomic E-state index is 12.1. The second kappa shape index (κ2) is 4.76. The fourth-order valence-electron chi connectivity index (χ4n) is 4.25. The molecule has 4 rings (SSSR count). The van der Waals surface area contributed by atoms with Gasteiger partial charge in [0.1, 0.15) is 28.9 Å². The Morgan fingerprint density at radius 2 is 2.00 bits per heavy atom. The van der Waals surface area contributed by atoms with E-state index in [1.54, 1.807) is 0 Å². The van der Waals surface area contributed by atoms with Crippen molar-refractivity contribution in [2.75, 3.05) is 0 Å². The Morgan fingerprint density at radius 1 is 1.32 bits per heavy atom. The molecule has 3 atom stereocenters. The summed E-state index contributed by atoms with van der Waals surface area (Å²) < 4.78 is 6.00. The van der Waals surface area contributed by atoms with Gasteiger partial charge in [0, 0.05) is 28.8 Å². The van der Waals surface area contributed by atoms with Crippen LogP contribution >= 0.6 is 0 Å². The largest absolute Gasteiger partial charge is 0.507 e. The quantitative estimate of drug-likeness (QED) is 0.588. The molecule has 7 heteroatoms. The first kappa shape index (κ1) is 16.0. The standard InChI is InChI=1S/C18H20N2O5/c1-6-14(22)12(8(3)21)16-13(15(6)23)18(4)10(25-16)5-9-11(17(18)24)7(2)19-20-9/h10,17,22-24H,5H2,1-4H3,(H,19,20)/t10-,17+,18+/m1/s1. The predicted octanol–water partition coefficient (Wildman–Crippen LogP) is 1.95. The van der Waals surface area contributed by atoms with Crippen LogP contribution in [0.1, 0.15) is 58.4 Å². The molecule has 4 N–H and O–H groups in total. The summed E-state index contributed by atoms with van der Waals surface area (Å²) in [5.41, 5.74) is 1.84. The number of aryl methyl sites for hydroxylation is 1. The first-order valence-electron chi connectivity index (χ1n) is 8.17. The van der Waals surface area contributed by atoms with Gasteiger partial charge in [0.25, 0.3) is 0 Å². The summed E-state index contributed by atoms with van der Waals surface area (Å²) >= 11 is 0. The van der Waals surface area contributed by atoms with Crippen molar-refractivity contribution in [1.82, 2.24) is 10.2 Å². The Balaban J connectivity index is 2.04. The van der Waals surface area contributed by atoms with Crippen molar-refractivity contribution in [3.05, 3.63) is 33.6 Å². The third kappa shape index (κ3) is 1.73. The third-order valence-electron chi connectivity index (χ3n) is 5.75. The Labute approximate surface area is 144 Å². The highest BCUT2D eigenvalue weighted by atomic mass is 16.5. The van der Waals surface area contributed by atoms with Gasteiger partial charge in [0.2, 0.25) is 0 Å². The van der Waals surface area contributed by atoms with E-state index in [-0.39, 0.29) is 34.2 Å². The zero-order valence-corrected chi connectivity index (χ0v) is 14.5. The Morgan fingerprint density at radius 3 is 2.64 bits per heavy atom. The molecule has 2 aromatic rings. The summed E-state index contributed by atoms with van der Waals surface area (Å²) in [5, 5.41) is 39.3. The van der Waals surface area contributed by atoms with E-state index in [1.807, 2.05) is 13.8 Å². The molecule has 0 unspecified atom stereocenters. The molecule has 1 aliphatic carbocycles. The van der Waals surface area contributed by atoms with Crippen LogP contribution in [0.2, 0.25) is 0 Å². The zero-order valence-electron chi connectivity index (χ0n) is 14.5. The SMILES string of the molecule is CC(=O)c1c(O)c(C)c(O)c2c1O[C@@H]1Cc3n[nH]c(C)c3[C@H](O)[C@]21C. The minimum atomic E-state index is -0.962. The molecule has 0 amide bonds. The number of carbonyl (C=O) groups excluding carboxylic acids is 1. The lowest BCUT2D eigenvalue weighted by atomic mass is 9.66. The van der Waals surface area contributed by atoms with Gasteiger partial charge in [0.15, 0.2) is 5.78 Å². The van der Waals surface area contributed by atoms with Gasteiger partial charge in [-0.15, -0.1) is 0 Å². The molecule has 1 aliphatic heterocycles. The average Bonchev–Trinajstić information content (AvgIpc) is 3.04. The normalized spacial score (nSPS) is 26.6. The molecule has 0 fully saturated rings. The van der Waals surface area contributed by atoms with Gasteiger partial charge in [-0.3, -0.25) is 9.89 Å². The fraction of sp³-hybridized carbons (Fsp3) is 0.444. The minimum Gasteiger partial charge on any atom is -0.507 e. The topological polar surface area (TPSA) is 116 Å². The van der Waals surface area contributed by atoms with Crippen molar-refractivity contribution < 1.29 is 24.9 Å². The number of aromatic amines is 1. The number of aromatic nitrogens is 2. The first-order valence-corrected chi connectivity index (χ1v) is 8.17. The summed E-state index contributed by atoms with van der Waals surface area (Å²) in [6.07, 6.45) is -1.03. The zero-order chi connectivity index (χ0) is 18.3. The number of nitrogens with zero attached hydrogens (tertiary/aromatic N) is 1. The molecule has 2 aliphatic rings. The van der Waals surface area contributed by atoms with E-state index in [2.05, 4.69) is 10.2 Å². The maximum absolute atomic E-state index is 12.1. The highest BCUT2D eigenvalue weighted by Gasteiger charge is 2.58. The number of fused-ring (bicyclic) bond motifs is 4.